The minimum Gasteiger partial charge on any atom is -0.352 e. The molecule has 0 saturated carbocycles. The number of carbonyl (C=O) groups excluding carboxylic acids is 2. The lowest BCUT2D eigenvalue weighted by atomic mass is 10.0. The Bertz CT molecular complexity index is 1350. The van der Waals surface area contributed by atoms with Gasteiger partial charge in [-0.2, -0.15) is 0 Å². The summed E-state index contributed by atoms with van der Waals surface area (Å²) in [4.78, 5) is 28.9. The number of anilines is 1. The van der Waals surface area contributed by atoms with E-state index in [9.17, 15) is 22.4 Å². The van der Waals surface area contributed by atoms with Gasteiger partial charge in [0.25, 0.3) is 0 Å². The molecule has 0 aromatic heterocycles. The summed E-state index contributed by atoms with van der Waals surface area (Å²) in [5, 5.41) is 3.03. The van der Waals surface area contributed by atoms with E-state index in [4.69, 9.17) is 0 Å². The van der Waals surface area contributed by atoms with Crippen molar-refractivity contribution in [2.75, 3.05) is 17.1 Å². The van der Waals surface area contributed by atoms with E-state index >= 15 is 0 Å². The summed E-state index contributed by atoms with van der Waals surface area (Å²) in [6.07, 6.45) is 2.21. The molecule has 7 nitrogen and oxygen atoms in total. The molecule has 40 heavy (non-hydrogen) atoms. The zero-order valence-corrected chi connectivity index (χ0v) is 24.1. The minimum absolute atomic E-state index is 0.0186. The molecular formula is C31H38FN3O4S. The quantitative estimate of drug-likeness (QED) is 0.299. The average molecular weight is 568 g/mol. The Kier molecular flexibility index (Phi) is 11.3. The maximum absolute atomic E-state index is 14.4. The van der Waals surface area contributed by atoms with Crippen molar-refractivity contribution in [2.45, 2.75) is 58.2 Å². The van der Waals surface area contributed by atoms with E-state index in [1.165, 1.54) is 18.2 Å². The third kappa shape index (κ3) is 8.91. The molecule has 3 aromatic rings. The number of benzene rings is 3. The molecule has 0 heterocycles. The van der Waals surface area contributed by atoms with E-state index in [-0.39, 0.29) is 49.5 Å². The Balaban J connectivity index is 1.87. The molecule has 2 amide bonds. The van der Waals surface area contributed by atoms with Crippen molar-refractivity contribution in [2.24, 2.45) is 0 Å². The van der Waals surface area contributed by atoms with Gasteiger partial charge in [-0.1, -0.05) is 79.7 Å². The number of sulfonamides is 1. The average Bonchev–Trinajstić information content (AvgIpc) is 2.93. The SMILES string of the molecule is CCC(C)NC(=O)C(Cc1ccccc1)N(Cc1ccccc1)C(=O)CCCN(c1ccccc1F)S(C)(=O)=O. The Morgan fingerprint density at radius 1 is 0.900 bits per heavy atom. The molecule has 2 atom stereocenters. The topological polar surface area (TPSA) is 86.8 Å². The molecule has 0 bridgehead atoms. The molecule has 9 heteroatoms. The first kappa shape index (κ1) is 30.8. The zero-order valence-electron chi connectivity index (χ0n) is 23.3. The lowest BCUT2D eigenvalue weighted by Crippen LogP contribution is -2.52. The van der Waals surface area contributed by atoms with E-state index in [0.717, 1.165) is 28.1 Å². The number of amides is 2. The van der Waals surface area contributed by atoms with Gasteiger partial charge in [0, 0.05) is 32.0 Å². The second-order valence-electron chi connectivity index (χ2n) is 9.92. The van der Waals surface area contributed by atoms with Gasteiger partial charge in [0.1, 0.15) is 11.9 Å². The highest BCUT2D eigenvalue weighted by molar-refractivity contribution is 7.92. The first-order chi connectivity index (χ1) is 19.1. The number of hydrogen-bond donors (Lipinski definition) is 1. The number of nitrogens with one attached hydrogen (secondary N) is 1. The van der Waals surface area contributed by atoms with Crippen molar-refractivity contribution in [3.63, 3.8) is 0 Å². The lowest BCUT2D eigenvalue weighted by molar-refractivity contribution is -0.141. The first-order valence-electron chi connectivity index (χ1n) is 13.5. The highest BCUT2D eigenvalue weighted by Gasteiger charge is 2.31. The van der Waals surface area contributed by atoms with Crippen LogP contribution >= 0.6 is 0 Å². The van der Waals surface area contributed by atoms with Crippen molar-refractivity contribution in [3.8, 4) is 0 Å². The monoisotopic (exact) mass is 567 g/mol. The van der Waals surface area contributed by atoms with Gasteiger partial charge in [-0.15, -0.1) is 0 Å². The minimum atomic E-state index is -3.79. The van der Waals surface area contributed by atoms with Gasteiger partial charge in [-0.05, 0) is 43.0 Å². The summed E-state index contributed by atoms with van der Waals surface area (Å²) < 4.78 is 40.4. The van der Waals surface area contributed by atoms with Crippen molar-refractivity contribution in [1.82, 2.24) is 10.2 Å². The predicted molar refractivity (Wildman–Crippen MR) is 157 cm³/mol. The van der Waals surface area contributed by atoms with Crippen LogP contribution in [0.2, 0.25) is 0 Å². The van der Waals surface area contributed by atoms with Crippen LogP contribution in [0.3, 0.4) is 0 Å². The Hall–Kier alpha value is -3.72. The largest absolute Gasteiger partial charge is 0.352 e. The van der Waals surface area contributed by atoms with E-state index in [0.29, 0.717) is 6.42 Å². The summed E-state index contributed by atoms with van der Waals surface area (Å²) in [6.45, 7) is 4.04. The highest BCUT2D eigenvalue weighted by Crippen LogP contribution is 2.23. The summed E-state index contributed by atoms with van der Waals surface area (Å²) in [7, 11) is -3.79. The van der Waals surface area contributed by atoms with E-state index < -0.39 is 21.9 Å². The van der Waals surface area contributed by atoms with Crippen LogP contribution in [0.1, 0.15) is 44.2 Å². The molecule has 2 unspecified atom stereocenters. The van der Waals surface area contributed by atoms with Crippen LogP contribution in [0.5, 0.6) is 0 Å². The Morgan fingerprint density at radius 3 is 2.05 bits per heavy atom. The number of carbonyl (C=O) groups is 2. The maximum Gasteiger partial charge on any atom is 0.243 e. The zero-order chi connectivity index (χ0) is 29.1. The second-order valence-corrected chi connectivity index (χ2v) is 11.8. The van der Waals surface area contributed by atoms with Crippen LogP contribution in [0.15, 0.2) is 84.9 Å². The number of para-hydroxylation sites is 1. The number of nitrogens with zero attached hydrogens (tertiary/aromatic N) is 2. The Morgan fingerprint density at radius 2 is 1.48 bits per heavy atom. The van der Waals surface area contributed by atoms with Gasteiger partial charge in [0.2, 0.25) is 21.8 Å². The molecule has 1 N–H and O–H groups in total. The van der Waals surface area contributed by atoms with E-state index in [2.05, 4.69) is 5.32 Å². The fraction of sp³-hybridized carbons (Fsp3) is 0.355. The van der Waals surface area contributed by atoms with Gasteiger partial charge in [0.15, 0.2) is 0 Å². The van der Waals surface area contributed by atoms with Crippen molar-refractivity contribution >= 4 is 27.5 Å². The van der Waals surface area contributed by atoms with Gasteiger partial charge < -0.3 is 10.2 Å². The van der Waals surface area contributed by atoms with E-state index in [1.807, 2.05) is 74.5 Å². The van der Waals surface area contributed by atoms with Gasteiger partial charge in [-0.25, -0.2) is 12.8 Å². The molecule has 3 aromatic carbocycles. The van der Waals surface area contributed by atoms with Gasteiger partial charge in [0.05, 0.1) is 11.9 Å². The number of halogens is 1. The molecule has 214 valence electrons. The molecular weight excluding hydrogens is 529 g/mol. The van der Waals surface area contributed by atoms with Crippen LogP contribution in [-0.2, 0) is 32.6 Å². The fourth-order valence-corrected chi connectivity index (χ4v) is 5.38. The lowest BCUT2D eigenvalue weighted by Gasteiger charge is -2.32. The normalized spacial score (nSPS) is 12.8. The van der Waals surface area contributed by atoms with Crippen molar-refractivity contribution in [1.29, 1.82) is 0 Å². The standard InChI is InChI=1S/C31H38FN3O4S/c1-4-24(2)33-31(37)29(22-25-14-7-5-8-15-25)34(23-26-16-9-6-10-17-26)30(36)20-13-21-35(40(3,38)39)28-19-12-11-18-27(28)32/h5-12,14-19,24,29H,4,13,20-23H2,1-3H3,(H,33,37). The van der Waals surface area contributed by atoms with Crippen LogP contribution in [0.25, 0.3) is 0 Å². The molecule has 0 aliphatic carbocycles. The Labute approximate surface area is 237 Å². The van der Waals surface area contributed by atoms with Crippen molar-refractivity contribution in [3.05, 3.63) is 102 Å². The van der Waals surface area contributed by atoms with E-state index in [1.54, 1.807) is 11.0 Å². The predicted octanol–water partition coefficient (Wildman–Crippen LogP) is 4.93. The van der Waals surface area contributed by atoms with Crippen LogP contribution in [0, 0.1) is 5.82 Å². The molecule has 0 saturated heterocycles. The van der Waals surface area contributed by atoms with Crippen LogP contribution < -0.4 is 9.62 Å². The van der Waals surface area contributed by atoms with Crippen molar-refractivity contribution < 1.29 is 22.4 Å². The smallest absolute Gasteiger partial charge is 0.243 e. The molecule has 0 aliphatic rings. The summed E-state index contributed by atoms with van der Waals surface area (Å²) in [5.41, 5.74) is 1.73. The number of rotatable bonds is 14. The van der Waals surface area contributed by atoms with Crippen LogP contribution in [0.4, 0.5) is 10.1 Å². The highest BCUT2D eigenvalue weighted by atomic mass is 32.2. The van der Waals surface area contributed by atoms with Gasteiger partial charge in [-0.3, -0.25) is 13.9 Å². The van der Waals surface area contributed by atoms with Crippen LogP contribution in [-0.4, -0.2) is 50.0 Å². The third-order valence-corrected chi connectivity index (χ3v) is 7.92. The second kappa shape index (κ2) is 14.6. The number of hydrogen-bond acceptors (Lipinski definition) is 4. The fourth-order valence-electron chi connectivity index (χ4n) is 4.41. The molecule has 0 radical (unpaired) electrons. The molecule has 3 rings (SSSR count). The molecule has 0 fully saturated rings. The first-order valence-corrected chi connectivity index (χ1v) is 15.3. The molecule has 0 spiro atoms. The third-order valence-electron chi connectivity index (χ3n) is 6.74. The summed E-state index contributed by atoms with van der Waals surface area (Å²) in [5.74, 6) is -1.19. The summed E-state index contributed by atoms with van der Waals surface area (Å²) >= 11 is 0. The maximum atomic E-state index is 14.4. The molecule has 0 aliphatic heterocycles. The van der Waals surface area contributed by atoms with Gasteiger partial charge >= 0.3 is 0 Å². The summed E-state index contributed by atoms with van der Waals surface area (Å²) in [6, 6.07) is 23.8.